The fourth-order valence-corrected chi connectivity index (χ4v) is 3.32. The molecule has 2 N–H and O–H groups in total. The lowest BCUT2D eigenvalue weighted by molar-refractivity contribution is -0.138. The van der Waals surface area contributed by atoms with Gasteiger partial charge in [-0.1, -0.05) is 56.3 Å². The number of thiocarbonyl (C=S) groups is 1. The van der Waals surface area contributed by atoms with Crippen molar-refractivity contribution in [1.82, 2.24) is 10.6 Å². The number of carbonyl (C=O) groups is 1. The third-order valence-corrected chi connectivity index (χ3v) is 4.65. The summed E-state index contributed by atoms with van der Waals surface area (Å²) < 4.78 is 11.1. The van der Waals surface area contributed by atoms with Crippen molar-refractivity contribution in [2.45, 2.75) is 26.8 Å². The highest BCUT2D eigenvalue weighted by Crippen LogP contribution is 2.32. The molecule has 0 aliphatic carbocycles. The van der Waals surface area contributed by atoms with Crippen LogP contribution in [0.1, 0.15) is 37.9 Å². The van der Waals surface area contributed by atoms with Crippen LogP contribution in [0.4, 0.5) is 0 Å². The summed E-state index contributed by atoms with van der Waals surface area (Å²) in [5.41, 5.74) is 2.95. The molecule has 6 heteroatoms. The van der Waals surface area contributed by atoms with E-state index in [4.69, 9.17) is 21.7 Å². The van der Waals surface area contributed by atoms with Gasteiger partial charge in [0.1, 0.15) is 5.75 Å². The van der Waals surface area contributed by atoms with Gasteiger partial charge in [-0.15, -0.1) is 0 Å². The zero-order chi connectivity index (χ0) is 20.8. The number of benzene rings is 2. The first-order valence-corrected chi connectivity index (χ1v) is 10.2. The van der Waals surface area contributed by atoms with Crippen LogP contribution in [0.5, 0.6) is 5.75 Å². The van der Waals surface area contributed by atoms with E-state index in [1.54, 1.807) is 6.92 Å². The monoisotopic (exact) mass is 410 g/mol. The van der Waals surface area contributed by atoms with Crippen LogP contribution in [0.25, 0.3) is 5.70 Å². The zero-order valence-corrected chi connectivity index (χ0v) is 17.7. The van der Waals surface area contributed by atoms with E-state index in [9.17, 15) is 4.79 Å². The van der Waals surface area contributed by atoms with Gasteiger partial charge in [0, 0.05) is 0 Å². The minimum Gasteiger partial charge on any atom is -0.493 e. The van der Waals surface area contributed by atoms with Gasteiger partial charge in [0.25, 0.3) is 0 Å². The van der Waals surface area contributed by atoms with Crippen molar-refractivity contribution in [3.05, 3.63) is 71.3 Å². The largest absolute Gasteiger partial charge is 0.493 e. The van der Waals surface area contributed by atoms with Crippen molar-refractivity contribution in [3.8, 4) is 5.75 Å². The maximum absolute atomic E-state index is 12.9. The Balaban J connectivity index is 2.01. The van der Waals surface area contributed by atoms with E-state index >= 15 is 0 Å². The minimum absolute atomic E-state index is 0.295. The fourth-order valence-electron chi connectivity index (χ4n) is 3.10. The zero-order valence-electron chi connectivity index (χ0n) is 16.9. The summed E-state index contributed by atoms with van der Waals surface area (Å²) in [5, 5.41) is 6.81. The topological polar surface area (TPSA) is 59.6 Å². The van der Waals surface area contributed by atoms with Crippen LogP contribution < -0.4 is 15.4 Å². The van der Waals surface area contributed by atoms with Crippen LogP contribution in [-0.2, 0) is 9.53 Å². The van der Waals surface area contributed by atoms with Gasteiger partial charge in [0.05, 0.1) is 30.5 Å². The molecule has 0 spiro atoms. The first kappa shape index (κ1) is 20.9. The molecule has 1 heterocycles. The van der Waals surface area contributed by atoms with Crippen molar-refractivity contribution in [2.24, 2.45) is 5.92 Å². The fraction of sp³-hybridized carbons (Fsp3) is 0.304. The highest BCUT2D eigenvalue weighted by molar-refractivity contribution is 7.80. The molecule has 2 aromatic carbocycles. The number of hydrogen-bond acceptors (Lipinski definition) is 4. The summed E-state index contributed by atoms with van der Waals surface area (Å²) in [6.45, 7) is 6.96. The summed E-state index contributed by atoms with van der Waals surface area (Å²) in [5.74, 6) is 0.868. The second-order valence-electron chi connectivity index (χ2n) is 7.18. The molecule has 29 heavy (non-hydrogen) atoms. The Hall–Kier alpha value is -2.86. The van der Waals surface area contributed by atoms with Crippen LogP contribution in [0.2, 0.25) is 0 Å². The van der Waals surface area contributed by atoms with E-state index in [0.29, 0.717) is 35.5 Å². The lowest BCUT2D eigenvalue weighted by Crippen LogP contribution is -2.45. The number of rotatable bonds is 7. The molecule has 2 aromatic rings. The Morgan fingerprint density at radius 3 is 2.41 bits per heavy atom. The average Bonchev–Trinajstić information content (AvgIpc) is 2.72. The lowest BCUT2D eigenvalue weighted by atomic mass is 9.93. The first-order chi connectivity index (χ1) is 14.0. The quantitative estimate of drug-likeness (QED) is 0.527. The average molecular weight is 411 g/mol. The smallest absolute Gasteiger partial charge is 0.338 e. The summed E-state index contributed by atoms with van der Waals surface area (Å²) in [4.78, 5) is 12.9. The van der Waals surface area contributed by atoms with Crippen molar-refractivity contribution >= 4 is 29.0 Å². The molecule has 1 atom stereocenters. The maximum Gasteiger partial charge on any atom is 0.338 e. The predicted molar refractivity (Wildman–Crippen MR) is 118 cm³/mol. The van der Waals surface area contributed by atoms with Crippen molar-refractivity contribution in [2.75, 3.05) is 13.2 Å². The SMILES string of the molecule is CCOC(=O)C1=C(c2ccccc2)NC(=S)N[C@@H]1c1ccc(OCC(C)C)cc1. The highest BCUT2D eigenvalue weighted by atomic mass is 32.1. The molecule has 0 fully saturated rings. The number of nitrogens with one attached hydrogen (secondary N) is 2. The molecule has 152 valence electrons. The second kappa shape index (κ2) is 9.56. The number of hydrogen-bond donors (Lipinski definition) is 2. The van der Waals surface area contributed by atoms with Crippen LogP contribution >= 0.6 is 12.2 Å². The lowest BCUT2D eigenvalue weighted by Gasteiger charge is -2.31. The summed E-state index contributed by atoms with van der Waals surface area (Å²) in [7, 11) is 0. The second-order valence-corrected chi connectivity index (χ2v) is 7.59. The Bertz CT molecular complexity index is 892. The van der Waals surface area contributed by atoms with E-state index in [-0.39, 0.29) is 5.97 Å². The summed E-state index contributed by atoms with van der Waals surface area (Å²) in [6, 6.07) is 17.0. The summed E-state index contributed by atoms with van der Waals surface area (Å²) >= 11 is 5.43. The Kier molecular flexibility index (Phi) is 6.88. The molecule has 0 saturated heterocycles. The molecule has 1 aliphatic rings. The highest BCUT2D eigenvalue weighted by Gasteiger charge is 2.33. The maximum atomic E-state index is 12.9. The number of esters is 1. The van der Waals surface area contributed by atoms with Gasteiger partial charge >= 0.3 is 5.97 Å². The van der Waals surface area contributed by atoms with Crippen LogP contribution in [0, 0.1) is 5.92 Å². The Morgan fingerprint density at radius 1 is 1.10 bits per heavy atom. The van der Waals surface area contributed by atoms with Gasteiger partial charge in [0.2, 0.25) is 0 Å². The third-order valence-electron chi connectivity index (χ3n) is 4.43. The molecular weight excluding hydrogens is 384 g/mol. The van der Waals surface area contributed by atoms with Gasteiger partial charge in [-0.3, -0.25) is 0 Å². The molecule has 1 aliphatic heterocycles. The third kappa shape index (κ3) is 5.15. The number of carbonyl (C=O) groups excluding carboxylic acids is 1. The molecule has 0 unspecified atom stereocenters. The van der Waals surface area contributed by atoms with Crippen molar-refractivity contribution in [1.29, 1.82) is 0 Å². The van der Waals surface area contributed by atoms with Crippen molar-refractivity contribution < 1.29 is 14.3 Å². The van der Waals surface area contributed by atoms with Crippen LogP contribution in [0.3, 0.4) is 0 Å². The standard InChI is InChI=1S/C23H26N2O3S/c1-4-27-22(26)19-20(16-8-6-5-7-9-16)24-23(29)25-21(19)17-10-12-18(13-11-17)28-14-15(2)3/h5-13,15,21H,4,14H2,1-3H3,(H2,24,25,29)/t21-/m1/s1. The van der Waals surface area contributed by atoms with Gasteiger partial charge < -0.3 is 20.1 Å². The summed E-state index contributed by atoms with van der Waals surface area (Å²) in [6.07, 6.45) is 0. The number of ether oxygens (including phenoxy) is 2. The normalized spacial score (nSPS) is 16.3. The minimum atomic E-state index is -0.419. The first-order valence-electron chi connectivity index (χ1n) is 9.76. The Morgan fingerprint density at radius 2 is 1.79 bits per heavy atom. The molecule has 0 bridgehead atoms. The molecule has 0 aromatic heterocycles. The Labute approximate surface area is 177 Å². The van der Waals surface area contributed by atoms with E-state index in [2.05, 4.69) is 24.5 Å². The van der Waals surface area contributed by atoms with Gasteiger partial charge in [-0.05, 0) is 48.3 Å². The predicted octanol–water partition coefficient (Wildman–Crippen LogP) is 4.21. The molecule has 3 rings (SSSR count). The van der Waals surface area contributed by atoms with E-state index in [1.807, 2.05) is 54.6 Å². The van der Waals surface area contributed by atoms with E-state index < -0.39 is 6.04 Å². The molecule has 0 amide bonds. The molecular formula is C23H26N2O3S. The van der Waals surface area contributed by atoms with Gasteiger partial charge in [-0.2, -0.15) is 0 Å². The van der Waals surface area contributed by atoms with Crippen LogP contribution in [-0.4, -0.2) is 24.3 Å². The van der Waals surface area contributed by atoms with E-state index in [1.165, 1.54) is 0 Å². The van der Waals surface area contributed by atoms with Gasteiger partial charge in [-0.25, -0.2) is 4.79 Å². The van der Waals surface area contributed by atoms with Crippen molar-refractivity contribution in [3.63, 3.8) is 0 Å². The molecule has 5 nitrogen and oxygen atoms in total. The molecule has 0 radical (unpaired) electrons. The van der Waals surface area contributed by atoms with Crippen LogP contribution in [0.15, 0.2) is 60.2 Å². The molecule has 0 saturated carbocycles. The van der Waals surface area contributed by atoms with Gasteiger partial charge in [0.15, 0.2) is 5.11 Å². The van der Waals surface area contributed by atoms with E-state index in [0.717, 1.165) is 16.9 Å².